The summed E-state index contributed by atoms with van der Waals surface area (Å²) in [7, 11) is -4.03. The highest BCUT2D eigenvalue weighted by molar-refractivity contribution is 7.92. The number of nitrogens with zero attached hydrogens (tertiary/aromatic N) is 1. The third kappa shape index (κ3) is 5.25. The minimum absolute atomic E-state index is 0.0409. The first-order valence-electron chi connectivity index (χ1n) is 13.1. The Hall–Kier alpha value is -3.54. The Morgan fingerprint density at radius 2 is 1.71 bits per heavy atom. The first kappa shape index (κ1) is 28.6. The monoisotopic (exact) mass is 633 g/mol. The SMILES string of the molecule is Cc1ccc(S(=O)(=O)N2CC(C(=O)NC34CC(NC(=O)COc5ccc(Cl)c(F)c5)(C3)C4)Oc3ccc(Cl)cc32)cc1. The molecule has 3 saturated carbocycles. The molecule has 3 fully saturated rings. The van der Waals surface area contributed by atoms with Gasteiger partial charge in [0.15, 0.2) is 12.7 Å². The van der Waals surface area contributed by atoms with E-state index in [2.05, 4.69) is 10.6 Å². The lowest BCUT2D eigenvalue weighted by Crippen LogP contribution is -2.84. The van der Waals surface area contributed by atoms with Crippen molar-refractivity contribution < 1.29 is 31.9 Å². The highest BCUT2D eigenvalue weighted by Crippen LogP contribution is 2.60. The van der Waals surface area contributed by atoms with E-state index >= 15 is 0 Å². The molecule has 0 spiro atoms. The lowest BCUT2D eigenvalue weighted by Gasteiger charge is -2.70. The molecule has 9 nitrogen and oxygen atoms in total. The average molecular weight is 635 g/mol. The summed E-state index contributed by atoms with van der Waals surface area (Å²) >= 11 is 11.8. The van der Waals surface area contributed by atoms with Crippen LogP contribution >= 0.6 is 23.2 Å². The molecule has 1 unspecified atom stereocenters. The third-order valence-electron chi connectivity index (χ3n) is 7.78. The zero-order chi connectivity index (χ0) is 29.9. The molecule has 2 bridgehead atoms. The summed E-state index contributed by atoms with van der Waals surface area (Å²) in [6.45, 7) is 1.32. The van der Waals surface area contributed by atoms with E-state index < -0.39 is 38.9 Å². The fourth-order valence-electron chi connectivity index (χ4n) is 5.87. The molecule has 1 atom stereocenters. The van der Waals surface area contributed by atoms with E-state index in [0.717, 1.165) is 15.9 Å². The molecule has 220 valence electrons. The van der Waals surface area contributed by atoms with Crippen molar-refractivity contribution in [3.63, 3.8) is 0 Å². The first-order valence-corrected chi connectivity index (χ1v) is 15.3. The summed E-state index contributed by atoms with van der Waals surface area (Å²) in [5.74, 6) is -1.05. The van der Waals surface area contributed by atoms with Crippen LogP contribution in [0.1, 0.15) is 24.8 Å². The van der Waals surface area contributed by atoms with Crippen LogP contribution < -0.4 is 24.4 Å². The maximum atomic E-state index is 13.6. The average Bonchev–Trinajstić information content (AvgIpc) is 2.91. The molecule has 42 heavy (non-hydrogen) atoms. The number of aryl methyl sites for hydroxylation is 1. The van der Waals surface area contributed by atoms with Crippen molar-refractivity contribution in [2.24, 2.45) is 0 Å². The summed E-state index contributed by atoms with van der Waals surface area (Å²) in [6, 6.07) is 15.0. The highest BCUT2D eigenvalue weighted by atomic mass is 35.5. The van der Waals surface area contributed by atoms with Crippen LogP contribution in [0.15, 0.2) is 65.6 Å². The standard InChI is InChI=1S/C29H26Cl2FN3O6S/c1-17-2-6-20(7-3-17)42(38,39)35-12-25(41-24-9-4-18(30)10-23(24)35)27(37)34-29-14-28(15-29,16-29)33-26(36)13-40-19-5-8-21(31)22(32)11-19/h2-11,25H,12-16H2,1H3,(H,33,36)(H,34,37). The number of hydrogen-bond donors (Lipinski definition) is 2. The largest absolute Gasteiger partial charge is 0.484 e. The maximum absolute atomic E-state index is 13.6. The summed E-state index contributed by atoms with van der Waals surface area (Å²) in [5.41, 5.74) is 0.183. The lowest BCUT2D eigenvalue weighted by molar-refractivity contribution is -0.153. The number of ether oxygens (including phenoxy) is 2. The van der Waals surface area contributed by atoms with Crippen molar-refractivity contribution in [2.75, 3.05) is 17.5 Å². The number of amides is 2. The van der Waals surface area contributed by atoms with Gasteiger partial charge < -0.3 is 20.1 Å². The van der Waals surface area contributed by atoms with Gasteiger partial charge in [0, 0.05) is 22.2 Å². The third-order valence-corrected chi connectivity index (χ3v) is 10.1. The van der Waals surface area contributed by atoms with Crippen LogP contribution in [0.4, 0.5) is 10.1 Å². The van der Waals surface area contributed by atoms with Gasteiger partial charge in [-0.25, -0.2) is 12.8 Å². The number of hydrogen-bond acceptors (Lipinski definition) is 6. The predicted octanol–water partition coefficient (Wildman–Crippen LogP) is 4.38. The minimum Gasteiger partial charge on any atom is -0.484 e. The van der Waals surface area contributed by atoms with Gasteiger partial charge in [0.1, 0.15) is 17.3 Å². The second-order valence-electron chi connectivity index (χ2n) is 11.1. The van der Waals surface area contributed by atoms with E-state index in [9.17, 15) is 22.4 Å². The normalized spacial score (nSPS) is 23.9. The Bertz CT molecular complexity index is 1680. The number of rotatable bonds is 8. The molecule has 1 heterocycles. The number of anilines is 1. The quantitative estimate of drug-likeness (QED) is 0.380. The molecule has 0 radical (unpaired) electrons. The molecule has 3 aromatic carbocycles. The van der Waals surface area contributed by atoms with Crippen LogP contribution in [-0.4, -0.2) is 50.6 Å². The van der Waals surface area contributed by atoms with Gasteiger partial charge in [-0.2, -0.15) is 0 Å². The predicted molar refractivity (Wildman–Crippen MR) is 154 cm³/mol. The molecule has 3 aliphatic carbocycles. The van der Waals surface area contributed by atoms with Gasteiger partial charge in [-0.05, 0) is 68.7 Å². The first-order chi connectivity index (χ1) is 19.9. The van der Waals surface area contributed by atoms with Gasteiger partial charge in [0.2, 0.25) is 0 Å². The molecule has 13 heteroatoms. The van der Waals surface area contributed by atoms with Gasteiger partial charge in [-0.1, -0.05) is 40.9 Å². The van der Waals surface area contributed by atoms with Crippen LogP contribution in [0.5, 0.6) is 11.5 Å². The Kier molecular flexibility index (Phi) is 7.02. The van der Waals surface area contributed by atoms with Gasteiger partial charge in [0.25, 0.3) is 21.8 Å². The summed E-state index contributed by atoms with van der Waals surface area (Å²) in [6.07, 6.45) is 0.429. The summed E-state index contributed by atoms with van der Waals surface area (Å²) in [5, 5.41) is 6.23. The van der Waals surface area contributed by atoms with Crippen LogP contribution in [0.2, 0.25) is 10.0 Å². The summed E-state index contributed by atoms with van der Waals surface area (Å²) in [4.78, 5) is 25.9. The molecule has 0 aromatic heterocycles. The zero-order valence-corrected chi connectivity index (χ0v) is 24.7. The molecule has 1 aliphatic heterocycles. The van der Waals surface area contributed by atoms with Gasteiger partial charge in [0.05, 0.1) is 22.2 Å². The number of nitrogens with one attached hydrogen (secondary N) is 2. The second kappa shape index (κ2) is 10.3. The number of fused-ring (bicyclic) bond motifs is 1. The van der Waals surface area contributed by atoms with Gasteiger partial charge >= 0.3 is 0 Å². The van der Waals surface area contributed by atoms with E-state index in [4.69, 9.17) is 32.7 Å². The Morgan fingerprint density at radius 3 is 2.40 bits per heavy atom. The van der Waals surface area contributed by atoms with E-state index in [0.29, 0.717) is 24.3 Å². The van der Waals surface area contributed by atoms with Crippen LogP contribution in [0, 0.1) is 12.7 Å². The fraction of sp³-hybridized carbons (Fsp3) is 0.310. The van der Waals surface area contributed by atoms with Crippen molar-refractivity contribution in [1.82, 2.24) is 10.6 Å². The highest BCUT2D eigenvalue weighted by Gasteiger charge is 2.69. The van der Waals surface area contributed by atoms with Crippen LogP contribution in [0.25, 0.3) is 0 Å². The number of halogens is 3. The van der Waals surface area contributed by atoms with Crippen molar-refractivity contribution in [3.05, 3.63) is 82.1 Å². The van der Waals surface area contributed by atoms with E-state index in [1.165, 1.54) is 30.3 Å². The van der Waals surface area contributed by atoms with Crippen LogP contribution in [0.3, 0.4) is 0 Å². The molecule has 4 aliphatic rings. The Balaban J connectivity index is 1.09. The zero-order valence-electron chi connectivity index (χ0n) is 22.3. The topological polar surface area (TPSA) is 114 Å². The van der Waals surface area contributed by atoms with E-state index in [1.54, 1.807) is 24.3 Å². The Labute approximate surface area is 251 Å². The molecule has 0 saturated heterocycles. The number of benzene rings is 3. The minimum atomic E-state index is -4.03. The Morgan fingerprint density at radius 1 is 1.02 bits per heavy atom. The number of sulfonamides is 1. The number of carbonyl (C=O) groups is 2. The van der Waals surface area contributed by atoms with E-state index in [-0.39, 0.29) is 46.2 Å². The van der Waals surface area contributed by atoms with Crippen LogP contribution in [-0.2, 0) is 19.6 Å². The van der Waals surface area contributed by atoms with Crippen molar-refractivity contribution in [2.45, 2.75) is 48.3 Å². The molecular weight excluding hydrogens is 608 g/mol. The second-order valence-corrected chi connectivity index (χ2v) is 13.8. The van der Waals surface area contributed by atoms with Gasteiger partial charge in [-0.15, -0.1) is 0 Å². The van der Waals surface area contributed by atoms with Crippen molar-refractivity contribution in [3.8, 4) is 11.5 Å². The fourth-order valence-corrected chi connectivity index (χ4v) is 7.62. The molecule has 3 aromatic rings. The summed E-state index contributed by atoms with van der Waals surface area (Å²) < 4.78 is 53.3. The van der Waals surface area contributed by atoms with Crippen molar-refractivity contribution >= 4 is 50.7 Å². The van der Waals surface area contributed by atoms with E-state index in [1.807, 2.05) is 6.92 Å². The van der Waals surface area contributed by atoms with Gasteiger partial charge in [-0.3, -0.25) is 13.9 Å². The lowest BCUT2D eigenvalue weighted by atomic mass is 9.44. The molecule has 7 rings (SSSR count). The molecule has 2 N–H and O–H groups in total. The molecule has 2 amide bonds. The smallest absolute Gasteiger partial charge is 0.264 e. The van der Waals surface area contributed by atoms with Crippen molar-refractivity contribution in [1.29, 1.82) is 0 Å². The molecular formula is C29H26Cl2FN3O6S. The maximum Gasteiger partial charge on any atom is 0.264 e. The number of carbonyl (C=O) groups excluding carboxylic acids is 2.